The Morgan fingerprint density at radius 3 is 3.00 bits per heavy atom. The van der Waals surface area contributed by atoms with Crippen LogP contribution in [0.15, 0.2) is 18.5 Å². The third kappa shape index (κ3) is 2.86. The van der Waals surface area contributed by atoms with Crippen LogP contribution in [0.3, 0.4) is 0 Å². The second-order valence-electron chi connectivity index (χ2n) is 3.05. The van der Waals surface area contributed by atoms with Crippen molar-refractivity contribution < 1.29 is 4.74 Å². The quantitative estimate of drug-likeness (QED) is 0.701. The Labute approximate surface area is 89.7 Å². The molecule has 3 nitrogen and oxygen atoms in total. The van der Waals surface area contributed by atoms with Crippen molar-refractivity contribution in [1.82, 2.24) is 4.98 Å². The van der Waals surface area contributed by atoms with E-state index in [9.17, 15) is 0 Å². The maximum Gasteiger partial charge on any atom is 0.0637 e. The molecule has 0 saturated heterocycles. The van der Waals surface area contributed by atoms with Gasteiger partial charge in [0.2, 0.25) is 0 Å². The average Bonchev–Trinajstić information content (AvgIpc) is 2.25. The van der Waals surface area contributed by atoms with E-state index in [0.29, 0.717) is 12.5 Å². The van der Waals surface area contributed by atoms with Gasteiger partial charge in [0.15, 0.2) is 0 Å². The fraction of sp³-hybridized carbons (Fsp3) is 0.500. The van der Waals surface area contributed by atoms with Crippen LogP contribution in [0.2, 0.25) is 0 Å². The summed E-state index contributed by atoms with van der Waals surface area (Å²) in [5, 5.41) is 0. The molecule has 1 aromatic rings. The van der Waals surface area contributed by atoms with Gasteiger partial charge >= 0.3 is 0 Å². The van der Waals surface area contributed by atoms with Gasteiger partial charge in [0.1, 0.15) is 0 Å². The number of aromatic nitrogens is 1. The van der Waals surface area contributed by atoms with E-state index in [2.05, 4.69) is 9.88 Å². The zero-order chi connectivity index (χ0) is 10.4. The molecule has 0 N–H and O–H groups in total. The Balaban J connectivity index is 2.72. The predicted octanol–water partition coefficient (Wildman–Crippen LogP) is 1.90. The second-order valence-corrected chi connectivity index (χ2v) is 3.32. The van der Waals surface area contributed by atoms with Crippen molar-refractivity contribution in [3.05, 3.63) is 24.0 Å². The number of nitrogens with zero attached hydrogens (tertiary/aromatic N) is 2. The van der Waals surface area contributed by atoms with E-state index in [1.54, 1.807) is 13.3 Å². The van der Waals surface area contributed by atoms with Crippen LogP contribution in [0.25, 0.3) is 0 Å². The summed E-state index contributed by atoms with van der Waals surface area (Å²) in [5.74, 6) is 0.509. The van der Waals surface area contributed by atoms with E-state index in [-0.39, 0.29) is 0 Å². The molecule has 0 spiro atoms. The molecule has 0 amide bonds. The molecule has 0 aliphatic carbocycles. The molecule has 0 atom stereocenters. The van der Waals surface area contributed by atoms with Gasteiger partial charge in [-0.25, -0.2) is 0 Å². The fourth-order valence-corrected chi connectivity index (χ4v) is 1.45. The largest absolute Gasteiger partial charge is 0.383 e. The summed E-state index contributed by atoms with van der Waals surface area (Å²) in [6.45, 7) is 1.54. The summed E-state index contributed by atoms with van der Waals surface area (Å²) in [7, 11) is 3.70. The highest BCUT2D eigenvalue weighted by molar-refractivity contribution is 6.17. The zero-order valence-electron chi connectivity index (χ0n) is 8.53. The zero-order valence-corrected chi connectivity index (χ0v) is 9.29. The minimum Gasteiger partial charge on any atom is -0.383 e. The van der Waals surface area contributed by atoms with Crippen molar-refractivity contribution in [3.8, 4) is 0 Å². The van der Waals surface area contributed by atoms with Crippen LogP contribution in [-0.2, 0) is 10.6 Å². The first kappa shape index (κ1) is 11.3. The number of rotatable bonds is 5. The van der Waals surface area contributed by atoms with E-state index in [1.165, 1.54) is 0 Å². The van der Waals surface area contributed by atoms with Crippen molar-refractivity contribution in [2.45, 2.75) is 5.88 Å². The van der Waals surface area contributed by atoms with Crippen LogP contribution in [0, 0.1) is 0 Å². The lowest BCUT2D eigenvalue weighted by molar-refractivity contribution is 0.206. The van der Waals surface area contributed by atoms with Crippen molar-refractivity contribution in [3.63, 3.8) is 0 Å². The number of hydrogen-bond donors (Lipinski definition) is 0. The van der Waals surface area contributed by atoms with Crippen LogP contribution < -0.4 is 4.90 Å². The molecular formula is C10H15ClN2O. The first-order chi connectivity index (χ1) is 6.79. The maximum atomic E-state index is 5.82. The summed E-state index contributed by atoms with van der Waals surface area (Å²) in [4.78, 5) is 6.17. The van der Waals surface area contributed by atoms with Gasteiger partial charge in [-0.05, 0) is 11.6 Å². The highest BCUT2D eigenvalue weighted by Crippen LogP contribution is 2.18. The number of alkyl halides is 1. The Bertz CT molecular complexity index is 281. The van der Waals surface area contributed by atoms with Gasteiger partial charge in [-0.2, -0.15) is 0 Å². The summed E-state index contributed by atoms with van der Waals surface area (Å²) in [6, 6.07) is 1.94. The first-order valence-corrected chi connectivity index (χ1v) is 5.02. The van der Waals surface area contributed by atoms with Crippen molar-refractivity contribution >= 4 is 17.3 Å². The summed E-state index contributed by atoms with van der Waals surface area (Å²) in [5.41, 5.74) is 2.17. The van der Waals surface area contributed by atoms with Gasteiger partial charge in [0.05, 0.1) is 18.5 Å². The van der Waals surface area contributed by atoms with E-state index < -0.39 is 0 Å². The molecule has 1 rings (SSSR count). The van der Waals surface area contributed by atoms with Gasteiger partial charge in [-0.3, -0.25) is 4.98 Å². The molecule has 0 saturated carbocycles. The summed E-state index contributed by atoms with van der Waals surface area (Å²) >= 11 is 5.82. The van der Waals surface area contributed by atoms with E-state index in [0.717, 1.165) is 17.8 Å². The first-order valence-electron chi connectivity index (χ1n) is 4.48. The summed E-state index contributed by atoms with van der Waals surface area (Å²) in [6.07, 6.45) is 3.58. The highest BCUT2D eigenvalue weighted by atomic mass is 35.5. The number of likely N-dealkylation sites (N-methyl/N-ethyl adjacent to an activating group) is 1. The number of hydrogen-bond acceptors (Lipinski definition) is 3. The fourth-order valence-electron chi connectivity index (χ4n) is 1.22. The molecule has 0 aliphatic rings. The summed E-state index contributed by atoms with van der Waals surface area (Å²) < 4.78 is 5.01. The predicted molar refractivity (Wildman–Crippen MR) is 58.9 cm³/mol. The minimum atomic E-state index is 0.509. The molecule has 0 radical (unpaired) electrons. The molecule has 0 bridgehead atoms. The van der Waals surface area contributed by atoms with E-state index >= 15 is 0 Å². The molecule has 0 aliphatic heterocycles. The van der Waals surface area contributed by atoms with Gasteiger partial charge in [0, 0.05) is 32.8 Å². The lowest BCUT2D eigenvalue weighted by Gasteiger charge is -2.20. The van der Waals surface area contributed by atoms with Crippen molar-refractivity contribution in [2.75, 3.05) is 32.2 Å². The van der Waals surface area contributed by atoms with Crippen LogP contribution in [0.4, 0.5) is 5.69 Å². The number of pyridine rings is 1. The molecule has 0 aromatic carbocycles. The van der Waals surface area contributed by atoms with Crippen molar-refractivity contribution in [1.29, 1.82) is 0 Å². The molecule has 1 heterocycles. The SMILES string of the molecule is COCCN(C)c1cnccc1CCl. The van der Waals surface area contributed by atoms with E-state index in [1.807, 2.05) is 19.3 Å². The molecule has 0 unspecified atom stereocenters. The molecule has 1 aromatic heterocycles. The number of methoxy groups -OCH3 is 1. The highest BCUT2D eigenvalue weighted by Gasteiger charge is 2.05. The Hall–Kier alpha value is -0.800. The molecular weight excluding hydrogens is 200 g/mol. The third-order valence-corrected chi connectivity index (χ3v) is 2.36. The Kier molecular flexibility index (Phi) is 4.70. The standard InChI is InChI=1S/C10H15ClN2O/c1-13(5-6-14-2)10-8-12-4-3-9(10)7-11/h3-4,8H,5-7H2,1-2H3. The number of halogens is 1. The third-order valence-electron chi connectivity index (χ3n) is 2.07. The molecule has 0 fully saturated rings. The van der Waals surface area contributed by atoms with Gasteiger partial charge < -0.3 is 9.64 Å². The van der Waals surface area contributed by atoms with E-state index in [4.69, 9.17) is 16.3 Å². The molecule has 78 valence electrons. The van der Waals surface area contributed by atoms with Gasteiger partial charge in [-0.1, -0.05) is 0 Å². The minimum absolute atomic E-state index is 0.509. The van der Waals surface area contributed by atoms with Crippen LogP contribution >= 0.6 is 11.6 Å². The average molecular weight is 215 g/mol. The second kappa shape index (κ2) is 5.83. The van der Waals surface area contributed by atoms with Crippen LogP contribution in [0.1, 0.15) is 5.56 Å². The maximum absolute atomic E-state index is 5.82. The van der Waals surface area contributed by atoms with Gasteiger partial charge in [0.25, 0.3) is 0 Å². The number of anilines is 1. The van der Waals surface area contributed by atoms with Crippen LogP contribution in [0.5, 0.6) is 0 Å². The van der Waals surface area contributed by atoms with Crippen molar-refractivity contribution in [2.24, 2.45) is 0 Å². The lowest BCUT2D eigenvalue weighted by Crippen LogP contribution is -2.23. The monoisotopic (exact) mass is 214 g/mol. The van der Waals surface area contributed by atoms with Crippen LogP contribution in [-0.4, -0.2) is 32.3 Å². The molecule has 14 heavy (non-hydrogen) atoms. The normalized spacial score (nSPS) is 10.2. The lowest BCUT2D eigenvalue weighted by atomic mass is 10.2. The smallest absolute Gasteiger partial charge is 0.0637 e. The number of ether oxygens (including phenoxy) is 1. The topological polar surface area (TPSA) is 25.4 Å². The Morgan fingerprint density at radius 2 is 2.36 bits per heavy atom. The molecule has 4 heteroatoms. The van der Waals surface area contributed by atoms with Gasteiger partial charge in [-0.15, -0.1) is 11.6 Å². The Morgan fingerprint density at radius 1 is 1.57 bits per heavy atom.